The Morgan fingerprint density at radius 2 is 0.812 bits per heavy atom. The first-order chi connectivity index (χ1) is 41.7. The smallest absolute Gasteiger partial charge is 0.306 e. The van der Waals surface area contributed by atoms with Crippen LogP contribution in [0.1, 0.15) is 310 Å². The fraction of sp³-hybridized carbons (Fsp3) is 0.784. The third-order valence-corrected chi connectivity index (χ3v) is 16.3. The van der Waals surface area contributed by atoms with E-state index < -0.39 is 67.4 Å². The minimum absolute atomic E-state index is 0.116. The summed E-state index contributed by atoms with van der Waals surface area (Å²) in [7, 11) is 0. The first-order valence-corrected chi connectivity index (χ1v) is 35.4. The van der Waals surface area contributed by atoms with Crippen molar-refractivity contribution in [2.75, 3.05) is 13.2 Å². The van der Waals surface area contributed by atoms with Crippen LogP contribution in [0.2, 0.25) is 0 Å². The highest BCUT2D eigenvalue weighted by Gasteiger charge is 2.47. The maximum atomic E-state index is 13.5. The van der Waals surface area contributed by atoms with Gasteiger partial charge in [-0.05, 0) is 103 Å². The van der Waals surface area contributed by atoms with Crippen molar-refractivity contribution < 1.29 is 49.3 Å². The molecule has 11 heteroatoms. The molecule has 1 heterocycles. The number of ether oxygens (including phenoxy) is 3. The van der Waals surface area contributed by atoms with E-state index >= 15 is 0 Å². The van der Waals surface area contributed by atoms with E-state index in [2.05, 4.69) is 99.0 Å². The average molecular weight is 1190 g/mol. The van der Waals surface area contributed by atoms with Crippen molar-refractivity contribution in [1.82, 2.24) is 5.32 Å². The molecule has 0 aliphatic carbocycles. The summed E-state index contributed by atoms with van der Waals surface area (Å²) < 4.78 is 17.7. The molecule has 0 aromatic heterocycles. The first kappa shape index (κ1) is 79.9. The molecule has 8 atom stereocenters. The quantitative estimate of drug-likeness (QED) is 0.0195. The van der Waals surface area contributed by atoms with Gasteiger partial charge in [-0.2, -0.15) is 0 Å². The molecule has 0 aromatic carbocycles. The SMILES string of the molecule is CCCCC/C=C\C/C=C\C/C=C\C/C=C\CCCCCCCCCCC(O)C(=O)NC(COC1OC(CO)C(O)C(O)C1OC(=O)CCCCCCCCCCC/C=C\C/C=C\CCCCC)C(O)/C=C/CCCCCCCCCCCCC. The Labute approximate surface area is 521 Å². The number of aliphatic hydroxyl groups excluding tert-OH is 5. The lowest BCUT2D eigenvalue weighted by atomic mass is 9.99. The topological polar surface area (TPSA) is 175 Å². The highest BCUT2D eigenvalue weighted by Crippen LogP contribution is 2.26. The van der Waals surface area contributed by atoms with E-state index in [-0.39, 0.29) is 19.4 Å². The van der Waals surface area contributed by atoms with Gasteiger partial charge < -0.3 is 45.1 Å². The zero-order valence-corrected chi connectivity index (χ0v) is 54.7. The molecule has 11 nitrogen and oxygen atoms in total. The van der Waals surface area contributed by atoms with Crippen molar-refractivity contribution in [3.05, 3.63) is 85.1 Å². The van der Waals surface area contributed by atoms with E-state index in [4.69, 9.17) is 14.2 Å². The fourth-order valence-corrected chi connectivity index (χ4v) is 10.7. The minimum atomic E-state index is -1.62. The summed E-state index contributed by atoms with van der Waals surface area (Å²) in [6, 6.07) is -1.03. The van der Waals surface area contributed by atoms with E-state index in [1.54, 1.807) is 6.08 Å². The second-order valence-electron chi connectivity index (χ2n) is 24.3. The highest BCUT2D eigenvalue weighted by atomic mass is 16.7. The van der Waals surface area contributed by atoms with Crippen LogP contribution < -0.4 is 5.32 Å². The number of hydrogen-bond donors (Lipinski definition) is 6. The number of unbranched alkanes of at least 4 members (excludes halogenated alkanes) is 34. The van der Waals surface area contributed by atoms with E-state index in [1.807, 2.05) is 6.08 Å². The zero-order valence-electron chi connectivity index (χ0n) is 54.7. The van der Waals surface area contributed by atoms with E-state index in [0.717, 1.165) is 103 Å². The lowest BCUT2D eigenvalue weighted by Crippen LogP contribution is -2.61. The van der Waals surface area contributed by atoms with Crippen LogP contribution in [0.15, 0.2) is 85.1 Å². The summed E-state index contributed by atoms with van der Waals surface area (Å²) in [5.74, 6) is -1.20. The van der Waals surface area contributed by atoms with Crippen molar-refractivity contribution in [2.45, 2.75) is 359 Å². The van der Waals surface area contributed by atoms with Gasteiger partial charge in [0.05, 0.1) is 25.4 Å². The third-order valence-electron chi connectivity index (χ3n) is 16.3. The minimum Gasteiger partial charge on any atom is -0.454 e. The van der Waals surface area contributed by atoms with Gasteiger partial charge in [0.25, 0.3) is 0 Å². The molecular weight excluding hydrogens is 1060 g/mol. The normalized spacial score (nSPS) is 18.9. The van der Waals surface area contributed by atoms with Crippen LogP contribution in [0.5, 0.6) is 0 Å². The standard InChI is InChI=1S/C74H131NO10/c1-4-7-10-13-16-19-22-25-27-29-31-32-33-34-35-37-38-40-43-46-49-52-55-58-61-67(78)73(82)75-65(66(77)60-57-54-51-48-45-42-24-21-18-15-12-9-6-3)64-83-74-72(71(81)70(80)68(63-76)84-74)85-69(79)62-59-56-53-50-47-44-41-39-36-30-28-26-23-20-17-14-11-8-5-2/h16-17,19-20,25-28,31-32,34-35,57,60,65-68,70-72,74,76-78,80-81H,4-15,18,21-24,29-30,33,36-56,58-59,61-64H2,1-3H3,(H,75,82)/b19-16-,20-17-,27-25-,28-26-,32-31-,35-34-,60-57+. The van der Waals surface area contributed by atoms with Crippen LogP contribution in [0.4, 0.5) is 0 Å². The number of allylic oxidation sites excluding steroid dienone is 13. The van der Waals surface area contributed by atoms with Crippen LogP contribution in [-0.2, 0) is 23.8 Å². The number of hydrogen-bond acceptors (Lipinski definition) is 10. The molecule has 0 saturated carbocycles. The van der Waals surface area contributed by atoms with Gasteiger partial charge in [-0.15, -0.1) is 0 Å². The van der Waals surface area contributed by atoms with Crippen molar-refractivity contribution >= 4 is 11.9 Å². The molecule has 492 valence electrons. The number of nitrogens with one attached hydrogen (secondary N) is 1. The van der Waals surface area contributed by atoms with E-state index in [9.17, 15) is 35.1 Å². The first-order valence-electron chi connectivity index (χ1n) is 35.4. The summed E-state index contributed by atoms with van der Waals surface area (Å²) >= 11 is 0. The predicted octanol–water partition coefficient (Wildman–Crippen LogP) is 18.1. The molecule has 1 aliphatic heterocycles. The van der Waals surface area contributed by atoms with Crippen LogP contribution in [0, 0.1) is 0 Å². The van der Waals surface area contributed by atoms with Crippen LogP contribution >= 0.6 is 0 Å². The second kappa shape index (κ2) is 61.1. The summed E-state index contributed by atoms with van der Waals surface area (Å²) in [6.45, 7) is 5.76. The maximum absolute atomic E-state index is 13.5. The van der Waals surface area contributed by atoms with Gasteiger partial charge in [0.2, 0.25) is 5.91 Å². The van der Waals surface area contributed by atoms with Gasteiger partial charge >= 0.3 is 5.97 Å². The van der Waals surface area contributed by atoms with Crippen molar-refractivity contribution in [1.29, 1.82) is 0 Å². The molecular formula is C74H131NO10. The lowest BCUT2D eigenvalue weighted by Gasteiger charge is -2.41. The average Bonchev–Trinajstić information content (AvgIpc) is 3.17. The molecule has 0 radical (unpaired) electrons. The Morgan fingerprint density at radius 1 is 0.459 bits per heavy atom. The summed E-state index contributed by atoms with van der Waals surface area (Å²) in [5.41, 5.74) is 0. The van der Waals surface area contributed by atoms with Crippen molar-refractivity contribution in [3.8, 4) is 0 Å². The Morgan fingerprint density at radius 3 is 1.24 bits per heavy atom. The fourth-order valence-electron chi connectivity index (χ4n) is 10.7. The van der Waals surface area contributed by atoms with E-state index in [0.29, 0.717) is 12.8 Å². The Hall–Kier alpha value is -3.16. The van der Waals surface area contributed by atoms with E-state index in [1.165, 1.54) is 161 Å². The molecule has 8 unspecified atom stereocenters. The predicted molar refractivity (Wildman–Crippen MR) is 356 cm³/mol. The Balaban J connectivity index is 2.62. The number of carbonyl (C=O) groups is 2. The molecule has 1 amide bonds. The maximum Gasteiger partial charge on any atom is 0.306 e. The van der Waals surface area contributed by atoms with Gasteiger partial charge in [-0.25, -0.2) is 0 Å². The third kappa shape index (κ3) is 48.4. The molecule has 1 fully saturated rings. The van der Waals surface area contributed by atoms with Crippen molar-refractivity contribution in [3.63, 3.8) is 0 Å². The largest absolute Gasteiger partial charge is 0.454 e. The zero-order chi connectivity index (χ0) is 61.7. The van der Waals surface area contributed by atoms with Crippen LogP contribution in [-0.4, -0.2) is 99.6 Å². The monoisotopic (exact) mass is 1190 g/mol. The summed E-state index contributed by atoms with van der Waals surface area (Å²) in [4.78, 5) is 26.7. The molecule has 1 aliphatic rings. The molecule has 0 spiro atoms. The summed E-state index contributed by atoms with van der Waals surface area (Å²) in [6.07, 6.45) is 70.4. The van der Waals surface area contributed by atoms with Gasteiger partial charge in [-0.3, -0.25) is 9.59 Å². The number of amides is 1. The second-order valence-corrected chi connectivity index (χ2v) is 24.3. The highest BCUT2D eigenvalue weighted by molar-refractivity contribution is 5.80. The molecule has 6 N–H and O–H groups in total. The molecule has 1 rings (SSSR count). The van der Waals surface area contributed by atoms with Crippen LogP contribution in [0.3, 0.4) is 0 Å². The van der Waals surface area contributed by atoms with Crippen molar-refractivity contribution in [2.24, 2.45) is 0 Å². The molecule has 0 aromatic rings. The number of carbonyl (C=O) groups excluding carboxylic acids is 2. The Kier molecular flexibility index (Phi) is 57.4. The van der Waals surface area contributed by atoms with Gasteiger partial charge in [0.1, 0.15) is 24.4 Å². The summed E-state index contributed by atoms with van der Waals surface area (Å²) in [5, 5.41) is 57.3. The number of rotatable bonds is 60. The Bertz CT molecular complexity index is 1710. The lowest BCUT2D eigenvalue weighted by molar-refractivity contribution is -0.305. The van der Waals surface area contributed by atoms with Gasteiger partial charge in [0, 0.05) is 6.42 Å². The molecule has 1 saturated heterocycles. The number of esters is 1. The van der Waals surface area contributed by atoms with Gasteiger partial charge in [0.15, 0.2) is 12.4 Å². The molecule has 0 bridgehead atoms. The van der Waals surface area contributed by atoms with Crippen LogP contribution in [0.25, 0.3) is 0 Å². The molecule has 85 heavy (non-hydrogen) atoms. The van der Waals surface area contributed by atoms with Gasteiger partial charge in [-0.1, -0.05) is 286 Å². The number of aliphatic hydroxyl groups is 5.